The number of β-amino-alcohol motifs (C(OH)–C–C–N with tert-alkyl or cyclic N) is 1. The maximum Gasteiger partial charge on any atom is 0.311 e. The quantitative estimate of drug-likeness (QED) is 0.268. The number of fused-ring (bicyclic) bond motifs is 1. The number of methoxy groups -OCH3 is 1. The number of piperazine rings is 1. The molecule has 0 radical (unpaired) electrons. The van der Waals surface area contributed by atoms with Crippen molar-refractivity contribution in [3.8, 4) is 5.75 Å². The molecule has 1 aliphatic heterocycles. The van der Waals surface area contributed by atoms with Crippen LogP contribution in [0.15, 0.2) is 72.8 Å². The highest BCUT2D eigenvalue weighted by Gasteiger charge is 2.26. The second-order valence-corrected chi connectivity index (χ2v) is 11.0. The predicted molar refractivity (Wildman–Crippen MR) is 163 cm³/mol. The maximum absolute atomic E-state index is 13.6. The van der Waals surface area contributed by atoms with E-state index in [9.17, 15) is 14.7 Å². The first-order valence-corrected chi connectivity index (χ1v) is 14.5. The third kappa shape index (κ3) is 6.68. The summed E-state index contributed by atoms with van der Waals surface area (Å²) in [6.45, 7) is 6.63. The van der Waals surface area contributed by atoms with E-state index in [2.05, 4.69) is 9.80 Å². The molecule has 1 aliphatic rings. The molecule has 1 unspecified atom stereocenters. The minimum atomic E-state index is -0.443. The van der Waals surface area contributed by atoms with Crippen molar-refractivity contribution in [3.63, 3.8) is 0 Å². The van der Waals surface area contributed by atoms with E-state index in [4.69, 9.17) is 21.1 Å². The highest BCUT2D eigenvalue weighted by atomic mass is 35.5. The molecule has 1 aromatic heterocycles. The zero-order chi connectivity index (χ0) is 29.6. The molecule has 0 spiro atoms. The molecule has 1 atom stereocenters. The number of esters is 1. The molecule has 8 nitrogen and oxygen atoms in total. The van der Waals surface area contributed by atoms with Gasteiger partial charge < -0.3 is 14.6 Å². The molecular formula is C33H36ClN3O5. The van der Waals surface area contributed by atoms with Gasteiger partial charge in [0, 0.05) is 60.9 Å². The van der Waals surface area contributed by atoms with Gasteiger partial charge in [0.1, 0.15) is 11.9 Å². The Kier molecular flexibility index (Phi) is 9.59. The predicted octanol–water partition coefficient (Wildman–Crippen LogP) is 4.74. The molecular weight excluding hydrogens is 554 g/mol. The van der Waals surface area contributed by atoms with E-state index in [1.165, 1.54) is 0 Å². The Morgan fingerprint density at radius 3 is 2.31 bits per heavy atom. The highest BCUT2D eigenvalue weighted by Crippen LogP contribution is 2.32. The molecule has 220 valence electrons. The van der Waals surface area contributed by atoms with E-state index in [0.29, 0.717) is 40.6 Å². The van der Waals surface area contributed by atoms with Crippen molar-refractivity contribution in [1.29, 1.82) is 0 Å². The van der Waals surface area contributed by atoms with Crippen LogP contribution in [0.3, 0.4) is 0 Å². The van der Waals surface area contributed by atoms with Gasteiger partial charge in [-0.25, -0.2) is 0 Å². The number of hydrogen-bond donors (Lipinski definition) is 1. The number of carbonyl (C=O) groups excluding carboxylic acids is 2. The number of hydrogen-bond acceptors (Lipinski definition) is 7. The van der Waals surface area contributed by atoms with E-state index in [1.54, 1.807) is 42.0 Å². The summed E-state index contributed by atoms with van der Waals surface area (Å²) in [7, 11) is 1.59. The lowest BCUT2D eigenvalue weighted by Gasteiger charge is -2.36. The first-order valence-electron chi connectivity index (χ1n) is 14.2. The number of aromatic nitrogens is 1. The number of rotatable bonds is 10. The Morgan fingerprint density at radius 1 is 0.952 bits per heavy atom. The van der Waals surface area contributed by atoms with Crippen LogP contribution < -0.4 is 4.74 Å². The highest BCUT2D eigenvalue weighted by molar-refractivity contribution is 6.30. The van der Waals surface area contributed by atoms with Gasteiger partial charge in [0.15, 0.2) is 0 Å². The summed E-state index contributed by atoms with van der Waals surface area (Å²) in [6, 6.07) is 22.1. The first kappa shape index (κ1) is 29.8. The van der Waals surface area contributed by atoms with Crippen LogP contribution in [0.4, 0.5) is 0 Å². The molecule has 5 rings (SSSR count). The second-order valence-electron chi connectivity index (χ2n) is 10.5. The lowest BCUT2D eigenvalue weighted by molar-refractivity contribution is -0.149. The van der Waals surface area contributed by atoms with Crippen molar-refractivity contribution in [3.05, 3.63) is 100 Å². The summed E-state index contributed by atoms with van der Waals surface area (Å²) in [5.74, 6) is 0.0591. The second kappa shape index (κ2) is 13.5. The van der Waals surface area contributed by atoms with Crippen LogP contribution in [0, 0.1) is 6.92 Å². The lowest BCUT2D eigenvalue weighted by Crippen LogP contribution is -2.48. The fraction of sp³-hybridized carbons (Fsp3) is 0.333. The van der Waals surface area contributed by atoms with Gasteiger partial charge in [-0.1, -0.05) is 41.9 Å². The van der Waals surface area contributed by atoms with E-state index < -0.39 is 6.10 Å². The summed E-state index contributed by atoms with van der Waals surface area (Å²) in [5, 5.41) is 10.6. The van der Waals surface area contributed by atoms with Gasteiger partial charge in [-0.2, -0.15) is 0 Å². The molecule has 0 amide bonds. The molecule has 1 N–H and O–H groups in total. The Morgan fingerprint density at radius 2 is 1.64 bits per heavy atom. The van der Waals surface area contributed by atoms with Crippen molar-refractivity contribution in [2.24, 2.45) is 0 Å². The molecule has 9 heteroatoms. The molecule has 0 bridgehead atoms. The Bertz CT molecular complexity index is 1530. The third-order valence-corrected chi connectivity index (χ3v) is 8.16. The van der Waals surface area contributed by atoms with Crippen molar-refractivity contribution < 1.29 is 24.2 Å². The standard InChI is InChI=1S/C33H36ClN3O5/c1-23-28(29-20-27(41-2)12-13-30(29)37(23)33(40)25-8-10-26(34)11-9-25)21-32(39)42-31(24-6-4-3-5-7-24)22-36-16-14-35(15-17-36)18-19-38/h3-13,20,31,38H,14-19,21-22H2,1-2H3. The molecule has 3 aromatic carbocycles. The van der Waals surface area contributed by atoms with Crippen LogP contribution in [0.1, 0.15) is 33.3 Å². The molecule has 1 saturated heterocycles. The van der Waals surface area contributed by atoms with Crippen LogP contribution in [0.5, 0.6) is 5.75 Å². The summed E-state index contributed by atoms with van der Waals surface area (Å²) >= 11 is 6.05. The number of benzene rings is 3. The summed E-state index contributed by atoms with van der Waals surface area (Å²) < 4.78 is 13.3. The third-order valence-electron chi connectivity index (χ3n) is 7.91. The number of nitrogens with zero attached hydrogens (tertiary/aromatic N) is 3. The Labute approximate surface area is 251 Å². The van der Waals surface area contributed by atoms with Crippen LogP contribution in [-0.2, 0) is 16.0 Å². The number of halogens is 1. The molecule has 1 fully saturated rings. The lowest BCUT2D eigenvalue weighted by atomic mass is 10.1. The number of ether oxygens (including phenoxy) is 2. The first-order chi connectivity index (χ1) is 20.4. The van der Waals surface area contributed by atoms with Crippen LogP contribution in [0.2, 0.25) is 5.02 Å². The monoisotopic (exact) mass is 589 g/mol. The molecule has 0 saturated carbocycles. The fourth-order valence-electron chi connectivity index (χ4n) is 5.59. The van der Waals surface area contributed by atoms with E-state index in [1.807, 2.05) is 49.4 Å². The molecule has 4 aromatic rings. The van der Waals surface area contributed by atoms with Gasteiger partial charge in [0.2, 0.25) is 0 Å². The minimum Gasteiger partial charge on any atom is -0.497 e. The van der Waals surface area contributed by atoms with Gasteiger partial charge in [-0.3, -0.25) is 24.0 Å². The number of aliphatic hydroxyl groups is 1. The van der Waals surface area contributed by atoms with Crippen molar-refractivity contribution in [2.45, 2.75) is 19.4 Å². The van der Waals surface area contributed by atoms with Crippen molar-refractivity contribution in [2.75, 3.05) is 53.0 Å². The average molecular weight is 590 g/mol. The van der Waals surface area contributed by atoms with E-state index in [-0.39, 0.29) is 24.9 Å². The topological polar surface area (TPSA) is 84.2 Å². The van der Waals surface area contributed by atoms with Gasteiger partial charge in [0.25, 0.3) is 5.91 Å². The van der Waals surface area contributed by atoms with E-state index in [0.717, 1.165) is 42.7 Å². The van der Waals surface area contributed by atoms with Crippen LogP contribution in [-0.4, -0.2) is 84.3 Å². The summed E-state index contributed by atoms with van der Waals surface area (Å²) in [6.07, 6.45) is -0.439. The van der Waals surface area contributed by atoms with Gasteiger partial charge in [0.05, 0.1) is 25.7 Å². The van der Waals surface area contributed by atoms with Gasteiger partial charge in [-0.05, 0) is 60.5 Å². The van der Waals surface area contributed by atoms with Gasteiger partial charge >= 0.3 is 5.97 Å². The van der Waals surface area contributed by atoms with Crippen LogP contribution >= 0.6 is 11.6 Å². The summed E-state index contributed by atoms with van der Waals surface area (Å²) in [5.41, 5.74) is 3.51. The Hall–Kier alpha value is -3.69. The van der Waals surface area contributed by atoms with Crippen molar-refractivity contribution in [1.82, 2.24) is 14.4 Å². The molecule has 42 heavy (non-hydrogen) atoms. The maximum atomic E-state index is 13.6. The Balaban J connectivity index is 1.41. The molecule has 2 heterocycles. The SMILES string of the molecule is COc1ccc2c(c1)c(CC(=O)OC(CN1CCN(CCO)CC1)c1ccccc1)c(C)n2C(=O)c1ccc(Cl)cc1. The average Bonchev–Trinajstić information content (AvgIpc) is 3.28. The zero-order valence-corrected chi connectivity index (χ0v) is 24.7. The fourth-order valence-corrected chi connectivity index (χ4v) is 5.72. The smallest absolute Gasteiger partial charge is 0.311 e. The molecule has 0 aliphatic carbocycles. The zero-order valence-electron chi connectivity index (χ0n) is 24.0. The largest absolute Gasteiger partial charge is 0.497 e. The van der Waals surface area contributed by atoms with Gasteiger partial charge in [-0.15, -0.1) is 0 Å². The summed E-state index contributed by atoms with van der Waals surface area (Å²) in [4.78, 5) is 31.8. The van der Waals surface area contributed by atoms with Crippen molar-refractivity contribution >= 4 is 34.4 Å². The van der Waals surface area contributed by atoms with E-state index >= 15 is 0 Å². The number of carbonyl (C=O) groups is 2. The van der Waals surface area contributed by atoms with Crippen LogP contribution in [0.25, 0.3) is 10.9 Å². The normalized spacial score (nSPS) is 15.0. The number of aliphatic hydroxyl groups excluding tert-OH is 1. The minimum absolute atomic E-state index is 0.00398.